The van der Waals surface area contributed by atoms with Gasteiger partial charge in [0.05, 0.1) is 6.61 Å². The highest BCUT2D eigenvalue weighted by molar-refractivity contribution is 6.31. The number of hydrogen-bond donors (Lipinski definition) is 1. The molecule has 0 radical (unpaired) electrons. The first kappa shape index (κ1) is 15.9. The molecule has 3 heteroatoms. The van der Waals surface area contributed by atoms with E-state index < -0.39 is 0 Å². The van der Waals surface area contributed by atoms with Crippen LogP contribution in [0, 0.1) is 12.3 Å². The third kappa shape index (κ3) is 6.00. The quantitative estimate of drug-likeness (QED) is 0.627. The Kier molecular flexibility index (Phi) is 6.21. The van der Waals surface area contributed by atoms with Crippen LogP contribution in [0.15, 0.2) is 18.2 Å². The van der Waals surface area contributed by atoms with Crippen LogP contribution in [0.3, 0.4) is 0 Å². The smallest absolute Gasteiger partial charge is 0.125 e. The van der Waals surface area contributed by atoms with Crippen molar-refractivity contribution in [1.82, 2.24) is 5.32 Å². The van der Waals surface area contributed by atoms with Crippen molar-refractivity contribution in [2.45, 2.75) is 45.7 Å². The van der Waals surface area contributed by atoms with Gasteiger partial charge >= 0.3 is 0 Å². The third-order valence-electron chi connectivity index (χ3n) is 2.59. The minimum atomic E-state index is 0.0416. The van der Waals surface area contributed by atoms with Gasteiger partial charge in [0.25, 0.3) is 0 Å². The number of rotatable bonds is 6. The topological polar surface area (TPSA) is 21.3 Å². The van der Waals surface area contributed by atoms with E-state index in [0.717, 1.165) is 29.2 Å². The second kappa shape index (κ2) is 7.43. The maximum absolute atomic E-state index is 6.25. The summed E-state index contributed by atoms with van der Waals surface area (Å²) in [5, 5.41) is 4.15. The maximum Gasteiger partial charge on any atom is 0.125 e. The SMILES string of the molecule is C#CCCCOc1cccc(Cl)c1CNC(C)(C)C. The van der Waals surface area contributed by atoms with Crippen molar-refractivity contribution in [1.29, 1.82) is 0 Å². The third-order valence-corrected chi connectivity index (χ3v) is 2.95. The molecule has 2 nitrogen and oxygen atoms in total. The van der Waals surface area contributed by atoms with E-state index in [-0.39, 0.29) is 5.54 Å². The van der Waals surface area contributed by atoms with Gasteiger partial charge in [-0.15, -0.1) is 12.3 Å². The Morgan fingerprint density at radius 3 is 2.74 bits per heavy atom. The molecule has 0 atom stereocenters. The Hall–Kier alpha value is -1.17. The molecule has 0 fully saturated rings. The fourth-order valence-electron chi connectivity index (χ4n) is 1.56. The van der Waals surface area contributed by atoms with E-state index in [2.05, 4.69) is 32.0 Å². The summed E-state index contributed by atoms with van der Waals surface area (Å²) in [5.74, 6) is 3.44. The molecule has 104 valence electrons. The van der Waals surface area contributed by atoms with Crippen molar-refractivity contribution in [3.63, 3.8) is 0 Å². The zero-order valence-electron chi connectivity index (χ0n) is 11.9. The van der Waals surface area contributed by atoms with Crippen molar-refractivity contribution < 1.29 is 4.74 Å². The zero-order chi connectivity index (χ0) is 14.3. The first-order valence-electron chi connectivity index (χ1n) is 6.53. The number of halogens is 1. The highest BCUT2D eigenvalue weighted by atomic mass is 35.5. The predicted octanol–water partition coefficient (Wildman–Crippen LogP) is 4.02. The lowest BCUT2D eigenvalue weighted by Gasteiger charge is -2.22. The largest absolute Gasteiger partial charge is 0.493 e. The summed E-state index contributed by atoms with van der Waals surface area (Å²) in [4.78, 5) is 0. The van der Waals surface area contributed by atoms with E-state index in [9.17, 15) is 0 Å². The van der Waals surface area contributed by atoms with Crippen molar-refractivity contribution in [3.05, 3.63) is 28.8 Å². The number of nitrogens with one attached hydrogen (secondary N) is 1. The van der Waals surface area contributed by atoms with Crippen molar-refractivity contribution in [2.24, 2.45) is 0 Å². The zero-order valence-corrected chi connectivity index (χ0v) is 12.7. The van der Waals surface area contributed by atoms with Gasteiger partial charge in [0.15, 0.2) is 0 Å². The molecule has 0 heterocycles. The van der Waals surface area contributed by atoms with Crippen LogP contribution in [0.2, 0.25) is 5.02 Å². The fourth-order valence-corrected chi connectivity index (χ4v) is 1.79. The van der Waals surface area contributed by atoms with E-state index in [0.29, 0.717) is 13.2 Å². The van der Waals surface area contributed by atoms with Gasteiger partial charge in [-0.05, 0) is 39.3 Å². The molecule has 0 bridgehead atoms. The van der Waals surface area contributed by atoms with E-state index in [1.807, 2.05) is 18.2 Å². The molecular weight excluding hydrogens is 258 g/mol. The summed E-state index contributed by atoms with van der Waals surface area (Å²) in [5.41, 5.74) is 1.04. The highest BCUT2D eigenvalue weighted by Crippen LogP contribution is 2.27. The van der Waals surface area contributed by atoms with Crippen LogP contribution in [0.1, 0.15) is 39.2 Å². The normalized spacial score (nSPS) is 11.1. The molecule has 0 aliphatic heterocycles. The molecule has 1 N–H and O–H groups in total. The van der Waals surface area contributed by atoms with Crippen molar-refractivity contribution in [2.75, 3.05) is 6.61 Å². The van der Waals surface area contributed by atoms with E-state index >= 15 is 0 Å². The Morgan fingerprint density at radius 2 is 2.11 bits per heavy atom. The lowest BCUT2D eigenvalue weighted by Crippen LogP contribution is -2.35. The van der Waals surface area contributed by atoms with E-state index in [1.165, 1.54) is 0 Å². The van der Waals surface area contributed by atoms with E-state index in [4.69, 9.17) is 22.8 Å². The Labute approximate surface area is 121 Å². The molecule has 0 saturated heterocycles. The van der Waals surface area contributed by atoms with Gasteiger partial charge in [0.2, 0.25) is 0 Å². The molecule has 0 aliphatic rings. The molecule has 0 aromatic heterocycles. The average Bonchev–Trinajstić information content (AvgIpc) is 2.32. The number of unbranched alkanes of at least 4 members (excludes halogenated alkanes) is 1. The Morgan fingerprint density at radius 1 is 1.37 bits per heavy atom. The second-order valence-electron chi connectivity index (χ2n) is 5.48. The molecule has 0 amide bonds. The van der Waals surface area contributed by atoms with Crippen LogP contribution in [0.5, 0.6) is 5.75 Å². The average molecular weight is 280 g/mol. The predicted molar refractivity (Wildman–Crippen MR) is 81.6 cm³/mol. The molecule has 0 unspecified atom stereocenters. The molecule has 0 aliphatic carbocycles. The maximum atomic E-state index is 6.25. The van der Waals surface area contributed by atoms with Crippen molar-refractivity contribution >= 4 is 11.6 Å². The van der Waals surface area contributed by atoms with Crippen LogP contribution in [-0.4, -0.2) is 12.1 Å². The Balaban J connectivity index is 2.69. The highest BCUT2D eigenvalue weighted by Gasteiger charge is 2.13. The number of terminal acetylenes is 1. The van der Waals surface area contributed by atoms with Gasteiger partial charge in [-0.3, -0.25) is 0 Å². The number of benzene rings is 1. The lowest BCUT2D eigenvalue weighted by molar-refractivity contribution is 0.307. The standard InChI is InChI=1S/C16H22ClNO/c1-5-6-7-11-19-15-10-8-9-14(17)13(15)12-18-16(2,3)4/h1,8-10,18H,6-7,11-12H2,2-4H3. The van der Waals surface area contributed by atoms with Crippen LogP contribution in [0.4, 0.5) is 0 Å². The molecule has 0 spiro atoms. The fraction of sp³-hybridized carbons (Fsp3) is 0.500. The molecule has 1 rings (SSSR count). The molecule has 1 aromatic carbocycles. The minimum absolute atomic E-state index is 0.0416. The molecule has 1 aromatic rings. The Bertz CT molecular complexity index is 443. The summed E-state index contributed by atoms with van der Waals surface area (Å²) in [7, 11) is 0. The number of hydrogen-bond acceptors (Lipinski definition) is 2. The van der Waals surface area contributed by atoms with Crippen LogP contribution in [0.25, 0.3) is 0 Å². The van der Waals surface area contributed by atoms with Gasteiger partial charge in [-0.1, -0.05) is 17.7 Å². The summed E-state index contributed by atoms with van der Waals surface area (Å²) >= 11 is 6.25. The minimum Gasteiger partial charge on any atom is -0.493 e. The molecule has 0 saturated carbocycles. The molecular formula is C16H22ClNO. The van der Waals surface area contributed by atoms with Crippen molar-refractivity contribution in [3.8, 4) is 18.1 Å². The monoisotopic (exact) mass is 279 g/mol. The summed E-state index contributed by atoms with van der Waals surface area (Å²) < 4.78 is 5.77. The summed E-state index contributed by atoms with van der Waals surface area (Å²) in [6, 6.07) is 5.73. The van der Waals surface area contributed by atoms with Crippen LogP contribution in [-0.2, 0) is 6.54 Å². The van der Waals surface area contributed by atoms with E-state index in [1.54, 1.807) is 0 Å². The van der Waals surface area contributed by atoms with Crippen LogP contribution < -0.4 is 10.1 Å². The first-order chi connectivity index (χ1) is 8.94. The molecule has 19 heavy (non-hydrogen) atoms. The second-order valence-corrected chi connectivity index (χ2v) is 5.88. The van der Waals surface area contributed by atoms with Gasteiger partial charge in [0, 0.05) is 29.1 Å². The van der Waals surface area contributed by atoms with Gasteiger partial charge in [-0.25, -0.2) is 0 Å². The van der Waals surface area contributed by atoms with Gasteiger partial charge < -0.3 is 10.1 Å². The van der Waals surface area contributed by atoms with Gasteiger partial charge in [0.1, 0.15) is 5.75 Å². The summed E-state index contributed by atoms with van der Waals surface area (Å²) in [6.45, 7) is 7.67. The lowest BCUT2D eigenvalue weighted by atomic mass is 10.1. The first-order valence-corrected chi connectivity index (χ1v) is 6.90. The summed E-state index contributed by atoms with van der Waals surface area (Å²) in [6.07, 6.45) is 6.81. The van der Waals surface area contributed by atoms with Gasteiger partial charge in [-0.2, -0.15) is 0 Å². The number of ether oxygens (including phenoxy) is 1. The van der Waals surface area contributed by atoms with Crippen LogP contribution >= 0.6 is 11.6 Å².